The highest BCUT2D eigenvalue weighted by Crippen LogP contribution is 2.39. The van der Waals surface area contributed by atoms with Crippen molar-refractivity contribution in [1.29, 1.82) is 0 Å². The second-order valence-corrected chi connectivity index (χ2v) is 11.5. The average Bonchev–Trinajstić information content (AvgIpc) is 3.59. The summed E-state index contributed by atoms with van der Waals surface area (Å²) < 4.78 is 13.3. The van der Waals surface area contributed by atoms with Gasteiger partial charge < -0.3 is 25.2 Å². The molecule has 3 aromatic rings. The van der Waals surface area contributed by atoms with E-state index in [1.54, 1.807) is 0 Å². The summed E-state index contributed by atoms with van der Waals surface area (Å²) in [5.41, 5.74) is 6.15. The van der Waals surface area contributed by atoms with Gasteiger partial charge in [-0.15, -0.1) is 6.58 Å². The van der Waals surface area contributed by atoms with Gasteiger partial charge in [0.1, 0.15) is 0 Å². The first-order chi connectivity index (χ1) is 21.1. The van der Waals surface area contributed by atoms with Crippen LogP contribution in [0.3, 0.4) is 0 Å². The molecule has 2 fully saturated rings. The van der Waals surface area contributed by atoms with Crippen molar-refractivity contribution in [3.63, 3.8) is 0 Å². The Bertz CT molecular complexity index is 1320. The lowest BCUT2D eigenvalue weighted by molar-refractivity contribution is -0.253. The van der Waals surface area contributed by atoms with Crippen LogP contribution in [0.2, 0.25) is 0 Å². The zero-order chi connectivity index (χ0) is 30.0. The molecule has 0 bridgehead atoms. The molecule has 0 aromatic heterocycles. The summed E-state index contributed by atoms with van der Waals surface area (Å²) in [5, 5.41) is 15.3. The number of nitrogens with one attached hydrogen (secondary N) is 2. The van der Waals surface area contributed by atoms with Gasteiger partial charge in [0.25, 0.3) is 0 Å². The van der Waals surface area contributed by atoms with Gasteiger partial charge in [-0.25, -0.2) is 4.79 Å². The van der Waals surface area contributed by atoms with Crippen molar-refractivity contribution in [1.82, 2.24) is 15.5 Å². The van der Waals surface area contributed by atoms with E-state index in [1.807, 2.05) is 43.3 Å². The van der Waals surface area contributed by atoms with E-state index < -0.39 is 6.29 Å². The van der Waals surface area contributed by atoms with Gasteiger partial charge in [-0.2, -0.15) is 0 Å². The van der Waals surface area contributed by atoms with E-state index in [2.05, 4.69) is 64.6 Å². The van der Waals surface area contributed by atoms with Crippen LogP contribution in [0.4, 0.5) is 4.79 Å². The summed E-state index contributed by atoms with van der Waals surface area (Å²) in [4.78, 5) is 14.5. The highest BCUT2D eigenvalue weighted by atomic mass is 16.7. The topological polar surface area (TPSA) is 83.1 Å². The Labute approximate surface area is 255 Å². The number of rotatable bonds is 12. The number of amides is 2. The third-order valence-corrected chi connectivity index (χ3v) is 8.55. The number of hydrogen-bond donors (Lipinski definition) is 3. The van der Waals surface area contributed by atoms with Gasteiger partial charge in [0.05, 0.1) is 18.8 Å². The Morgan fingerprint density at radius 2 is 1.70 bits per heavy atom. The van der Waals surface area contributed by atoms with E-state index in [4.69, 9.17) is 9.47 Å². The molecule has 7 heteroatoms. The van der Waals surface area contributed by atoms with Crippen molar-refractivity contribution in [2.24, 2.45) is 0 Å². The fourth-order valence-electron chi connectivity index (χ4n) is 6.28. The fourth-order valence-corrected chi connectivity index (χ4v) is 6.28. The minimum Gasteiger partial charge on any atom is -0.392 e. The summed E-state index contributed by atoms with van der Waals surface area (Å²) in [7, 11) is 0. The smallest absolute Gasteiger partial charge is 0.315 e. The lowest BCUT2D eigenvalue weighted by Crippen LogP contribution is -2.43. The molecule has 0 radical (unpaired) electrons. The summed E-state index contributed by atoms with van der Waals surface area (Å²) in [5.74, 6) is 0. The number of benzene rings is 3. The summed E-state index contributed by atoms with van der Waals surface area (Å²) >= 11 is 0. The molecule has 0 unspecified atom stereocenters. The van der Waals surface area contributed by atoms with Crippen molar-refractivity contribution < 1.29 is 19.4 Å². The van der Waals surface area contributed by atoms with Gasteiger partial charge in [0.2, 0.25) is 0 Å². The quantitative estimate of drug-likeness (QED) is 0.208. The molecular formula is C36H45N3O4. The summed E-state index contributed by atoms with van der Waals surface area (Å²) in [6.07, 6.45) is 7.18. The van der Waals surface area contributed by atoms with Crippen molar-refractivity contribution in [3.05, 3.63) is 108 Å². The Morgan fingerprint density at radius 3 is 2.40 bits per heavy atom. The number of hydrogen-bond acceptors (Lipinski definition) is 5. The number of carbonyl (C=O) groups excluding carboxylic acids is 1. The molecule has 0 spiro atoms. The Kier molecular flexibility index (Phi) is 11.0. The van der Waals surface area contributed by atoms with Gasteiger partial charge in [-0.3, -0.25) is 4.90 Å². The minimum absolute atomic E-state index is 0.00237. The molecule has 7 nitrogen and oxygen atoms in total. The van der Waals surface area contributed by atoms with Gasteiger partial charge in [0, 0.05) is 44.2 Å². The van der Waals surface area contributed by atoms with Gasteiger partial charge >= 0.3 is 6.03 Å². The van der Waals surface area contributed by atoms with Crippen LogP contribution in [0, 0.1) is 0 Å². The monoisotopic (exact) mass is 583 g/mol. The van der Waals surface area contributed by atoms with E-state index in [-0.39, 0.29) is 24.8 Å². The first kappa shape index (κ1) is 31.0. The third kappa shape index (κ3) is 8.12. The number of ether oxygens (including phenoxy) is 2. The van der Waals surface area contributed by atoms with Crippen LogP contribution in [0.25, 0.3) is 11.1 Å². The molecule has 1 saturated carbocycles. The first-order valence-electron chi connectivity index (χ1n) is 15.6. The standard InChI is InChI=1S/C36H45N3O4/c1-3-21-39(31-10-6-7-11-31)24-32-22-34(28-15-13-26(25-40)14-16-28)43-35(42-32)29-19-17-27(18-20-29)33-12-8-5-9-30(33)23-38-36(41)37-4-2/h3,5,8-9,12-20,31-32,34-35,40H,1,4,6-7,10-11,21-25H2,2H3,(H2,37,38,41)/t32-,34+,35+/m0/s1. The molecule has 3 atom stereocenters. The van der Waals surface area contributed by atoms with Crippen LogP contribution in [-0.4, -0.2) is 47.8 Å². The van der Waals surface area contributed by atoms with E-state index in [0.717, 1.165) is 52.9 Å². The van der Waals surface area contributed by atoms with Crippen LogP contribution in [0.15, 0.2) is 85.5 Å². The zero-order valence-electron chi connectivity index (χ0n) is 25.2. The molecule has 3 aromatic carbocycles. The number of urea groups is 1. The SMILES string of the molecule is C=CCN(C[C@@H]1C[C@H](c2ccc(CO)cc2)O[C@H](c2ccc(-c3ccccc3CNC(=O)NCC)cc2)O1)C1CCCC1. The van der Waals surface area contributed by atoms with Gasteiger partial charge in [-0.05, 0) is 47.6 Å². The molecule has 1 aliphatic carbocycles. The van der Waals surface area contributed by atoms with E-state index in [9.17, 15) is 9.90 Å². The lowest BCUT2D eigenvalue weighted by atomic mass is 9.97. The van der Waals surface area contributed by atoms with Crippen LogP contribution in [-0.2, 0) is 22.6 Å². The number of aliphatic hydroxyl groups is 1. The predicted octanol–water partition coefficient (Wildman–Crippen LogP) is 6.64. The van der Waals surface area contributed by atoms with Crippen molar-refractivity contribution in [2.75, 3.05) is 19.6 Å². The molecule has 3 N–H and O–H groups in total. The van der Waals surface area contributed by atoms with Crippen LogP contribution >= 0.6 is 0 Å². The minimum atomic E-state index is -0.501. The summed E-state index contributed by atoms with van der Waals surface area (Å²) in [6.45, 7) is 8.67. The molecular weight excluding hydrogens is 538 g/mol. The highest BCUT2D eigenvalue weighted by Gasteiger charge is 2.34. The maximum atomic E-state index is 12.0. The first-order valence-corrected chi connectivity index (χ1v) is 15.6. The van der Waals surface area contributed by atoms with Crippen LogP contribution in [0.5, 0.6) is 0 Å². The number of aliphatic hydroxyl groups excluding tert-OH is 1. The molecule has 5 rings (SSSR count). The second-order valence-electron chi connectivity index (χ2n) is 11.5. The Balaban J connectivity index is 1.36. The van der Waals surface area contributed by atoms with Gasteiger partial charge in [-0.1, -0.05) is 91.7 Å². The van der Waals surface area contributed by atoms with E-state index in [0.29, 0.717) is 19.1 Å². The molecule has 1 aliphatic heterocycles. The molecule has 228 valence electrons. The van der Waals surface area contributed by atoms with E-state index >= 15 is 0 Å². The predicted molar refractivity (Wildman–Crippen MR) is 170 cm³/mol. The number of carbonyl (C=O) groups is 1. The lowest BCUT2D eigenvalue weighted by Gasteiger charge is -2.39. The molecule has 43 heavy (non-hydrogen) atoms. The van der Waals surface area contributed by atoms with E-state index in [1.165, 1.54) is 25.7 Å². The Hall–Kier alpha value is -3.49. The zero-order valence-corrected chi connectivity index (χ0v) is 25.2. The van der Waals surface area contributed by atoms with Crippen LogP contribution in [0.1, 0.15) is 73.7 Å². The van der Waals surface area contributed by atoms with Crippen molar-refractivity contribution in [2.45, 2.75) is 76.7 Å². The molecule has 1 heterocycles. The second kappa shape index (κ2) is 15.3. The maximum Gasteiger partial charge on any atom is 0.315 e. The molecule has 2 amide bonds. The molecule has 2 aliphatic rings. The van der Waals surface area contributed by atoms with Crippen molar-refractivity contribution >= 4 is 6.03 Å². The largest absolute Gasteiger partial charge is 0.392 e. The van der Waals surface area contributed by atoms with Crippen molar-refractivity contribution in [3.8, 4) is 11.1 Å². The van der Waals surface area contributed by atoms with Crippen LogP contribution < -0.4 is 10.6 Å². The summed E-state index contributed by atoms with van der Waals surface area (Å²) in [6, 6.07) is 25.0. The number of nitrogens with zero attached hydrogens (tertiary/aromatic N) is 1. The molecule has 1 saturated heterocycles. The Morgan fingerprint density at radius 1 is 0.977 bits per heavy atom. The average molecular weight is 584 g/mol. The van der Waals surface area contributed by atoms with Gasteiger partial charge in [0.15, 0.2) is 6.29 Å². The third-order valence-electron chi connectivity index (χ3n) is 8.55. The highest BCUT2D eigenvalue weighted by molar-refractivity contribution is 5.74. The maximum absolute atomic E-state index is 12.0. The normalized spacial score (nSPS) is 20.7. The fraction of sp³-hybridized carbons (Fsp3) is 0.417.